The number of hydrogen-bond donors (Lipinski definition) is 1. The molecule has 2 rings (SSSR count). The number of carbonyl (C=O) groups excluding carboxylic acids is 3. The number of benzene rings is 2. The van der Waals surface area contributed by atoms with Gasteiger partial charge in [-0.05, 0) is 50.1 Å². The molecule has 2 aromatic rings. The van der Waals surface area contributed by atoms with E-state index in [1.54, 1.807) is 24.3 Å². The summed E-state index contributed by atoms with van der Waals surface area (Å²) in [6.07, 6.45) is 0. The number of anilines is 2. The summed E-state index contributed by atoms with van der Waals surface area (Å²) in [4.78, 5) is 37.3. The average Bonchev–Trinajstić information content (AvgIpc) is 2.55. The van der Waals surface area contributed by atoms with E-state index in [1.807, 2.05) is 32.0 Å². The van der Waals surface area contributed by atoms with E-state index in [4.69, 9.17) is 0 Å². The second kappa shape index (κ2) is 7.75. The summed E-state index contributed by atoms with van der Waals surface area (Å²) in [5, 5.41) is 2.74. The van der Waals surface area contributed by atoms with E-state index < -0.39 is 0 Å². The van der Waals surface area contributed by atoms with Crippen LogP contribution in [0.2, 0.25) is 0 Å². The molecule has 5 heteroatoms. The van der Waals surface area contributed by atoms with E-state index in [2.05, 4.69) is 5.32 Å². The van der Waals surface area contributed by atoms with Gasteiger partial charge in [0.1, 0.15) is 6.54 Å². The number of aryl methyl sites for hydroxylation is 1. The standard InChI is InChI=1S/C20H22N2O3/c1-13-7-5-10-19(14(13)2)22(16(4)24)12-20(25)21-18-9-6-8-17(11-18)15(3)23/h5-11H,12H2,1-4H3,(H,21,25). The van der Waals surface area contributed by atoms with E-state index in [9.17, 15) is 14.4 Å². The average molecular weight is 338 g/mol. The Bertz CT molecular complexity index is 827. The van der Waals surface area contributed by atoms with Crippen LogP contribution in [0.15, 0.2) is 42.5 Å². The lowest BCUT2D eigenvalue weighted by Crippen LogP contribution is -2.37. The summed E-state index contributed by atoms with van der Waals surface area (Å²) in [5.74, 6) is -0.602. The molecule has 0 aromatic heterocycles. The summed E-state index contributed by atoms with van der Waals surface area (Å²) in [7, 11) is 0. The van der Waals surface area contributed by atoms with Crippen LogP contribution >= 0.6 is 0 Å². The molecule has 0 bridgehead atoms. The Kier molecular flexibility index (Phi) is 5.70. The van der Waals surface area contributed by atoms with Crippen LogP contribution in [0, 0.1) is 13.8 Å². The highest BCUT2D eigenvalue weighted by Crippen LogP contribution is 2.23. The third-order valence-corrected chi connectivity index (χ3v) is 4.10. The van der Waals surface area contributed by atoms with Crippen molar-refractivity contribution in [2.75, 3.05) is 16.8 Å². The highest BCUT2D eigenvalue weighted by molar-refractivity contribution is 6.03. The molecule has 0 unspecified atom stereocenters. The van der Waals surface area contributed by atoms with E-state index in [0.717, 1.165) is 16.8 Å². The Morgan fingerprint density at radius 1 is 1.00 bits per heavy atom. The Hall–Kier alpha value is -2.95. The number of nitrogens with one attached hydrogen (secondary N) is 1. The van der Waals surface area contributed by atoms with Gasteiger partial charge in [-0.2, -0.15) is 0 Å². The van der Waals surface area contributed by atoms with Crippen LogP contribution < -0.4 is 10.2 Å². The van der Waals surface area contributed by atoms with Crippen molar-refractivity contribution in [3.63, 3.8) is 0 Å². The van der Waals surface area contributed by atoms with Crippen molar-refractivity contribution >= 4 is 29.0 Å². The summed E-state index contributed by atoms with van der Waals surface area (Å²) < 4.78 is 0. The monoisotopic (exact) mass is 338 g/mol. The van der Waals surface area contributed by atoms with Gasteiger partial charge in [0, 0.05) is 23.9 Å². The maximum atomic E-state index is 12.4. The first kappa shape index (κ1) is 18.4. The molecule has 25 heavy (non-hydrogen) atoms. The molecule has 0 spiro atoms. The highest BCUT2D eigenvalue weighted by atomic mass is 16.2. The third-order valence-electron chi connectivity index (χ3n) is 4.10. The first-order valence-electron chi connectivity index (χ1n) is 8.04. The molecule has 0 fully saturated rings. The van der Waals surface area contributed by atoms with E-state index >= 15 is 0 Å². The maximum absolute atomic E-state index is 12.4. The van der Waals surface area contributed by atoms with Gasteiger partial charge >= 0.3 is 0 Å². The molecule has 0 atom stereocenters. The Morgan fingerprint density at radius 2 is 1.68 bits per heavy atom. The highest BCUT2D eigenvalue weighted by Gasteiger charge is 2.18. The predicted octanol–water partition coefficient (Wildman–Crippen LogP) is 3.50. The van der Waals surface area contributed by atoms with Gasteiger partial charge in [0.15, 0.2) is 5.78 Å². The van der Waals surface area contributed by atoms with Crippen molar-refractivity contribution in [1.29, 1.82) is 0 Å². The van der Waals surface area contributed by atoms with Crippen molar-refractivity contribution in [1.82, 2.24) is 0 Å². The normalized spacial score (nSPS) is 10.2. The van der Waals surface area contributed by atoms with Gasteiger partial charge in [0.2, 0.25) is 11.8 Å². The van der Waals surface area contributed by atoms with Gasteiger partial charge in [-0.3, -0.25) is 14.4 Å². The molecule has 1 N–H and O–H groups in total. The number of rotatable bonds is 5. The first-order chi connectivity index (χ1) is 11.8. The second-order valence-corrected chi connectivity index (χ2v) is 6.01. The molecule has 0 aliphatic heterocycles. The van der Waals surface area contributed by atoms with Crippen LogP contribution in [-0.2, 0) is 9.59 Å². The summed E-state index contributed by atoms with van der Waals surface area (Å²) in [6, 6.07) is 12.4. The molecule has 0 heterocycles. The minimum absolute atomic E-state index is 0.0724. The molecule has 0 aliphatic carbocycles. The minimum Gasteiger partial charge on any atom is -0.325 e. The largest absolute Gasteiger partial charge is 0.325 e. The summed E-state index contributed by atoms with van der Waals surface area (Å²) in [6.45, 7) is 6.70. The molecule has 0 radical (unpaired) electrons. The van der Waals surface area contributed by atoms with Gasteiger partial charge in [0.05, 0.1) is 0 Å². The van der Waals surface area contributed by atoms with Crippen molar-refractivity contribution < 1.29 is 14.4 Å². The maximum Gasteiger partial charge on any atom is 0.244 e. The molecular weight excluding hydrogens is 316 g/mol. The fourth-order valence-corrected chi connectivity index (χ4v) is 2.55. The van der Waals surface area contributed by atoms with Gasteiger partial charge in [-0.25, -0.2) is 0 Å². The van der Waals surface area contributed by atoms with Crippen molar-refractivity contribution in [3.8, 4) is 0 Å². The Morgan fingerprint density at radius 3 is 2.32 bits per heavy atom. The first-order valence-corrected chi connectivity index (χ1v) is 8.04. The van der Waals surface area contributed by atoms with Gasteiger partial charge < -0.3 is 10.2 Å². The molecule has 2 aromatic carbocycles. The minimum atomic E-state index is -0.322. The number of amides is 2. The smallest absolute Gasteiger partial charge is 0.244 e. The lowest BCUT2D eigenvalue weighted by Gasteiger charge is -2.23. The molecular formula is C20H22N2O3. The lowest BCUT2D eigenvalue weighted by atomic mass is 10.1. The quantitative estimate of drug-likeness (QED) is 0.849. The summed E-state index contributed by atoms with van der Waals surface area (Å²) in [5.41, 5.74) is 3.79. The predicted molar refractivity (Wildman–Crippen MR) is 99.0 cm³/mol. The van der Waals surface area contributed by atoms with Gasteiger partial charge in [-0.15, -0.1) is 0 Å². The molecule has 130 valence electrons. The number of ketones is 1. The lowest BCUT2D eigenvalue weighted by molar-refractivity contribution is -0.120. The van der Waals surface area contributed by atoms with E-state index in [-0.39, 0.29) is 24.1 Å². The van der Waals surface area contributed by atoms with E-state index in [1.165, 1.54) is 18.7 Å². The van der Waals surface area contributed by atoms with Gasteiger partial charge in [-0.1, -0.05) is 24.3 Å². The molecule has 0 saturated heterocycles. The molecule has 0 aliphatic rings. The fraction of sp³-hybridized carbons (Fsp3) is 0.250. The Labute approximate surface area is 147 Å². The van der Waals surface area contributed by atoms with Crippen LogP contribution in [0.4, 0.5) is 11.4 Å². The zero-order valence-electron chi connectivity index (χ0n) is 14.9. The van der Waals surface area contributed by atoms with Crippen LogP contribution in [-0.4, -0.2) is 24.1 Å². The van der Waals surface area contributed by atoms with Gasteiger partial charge in [0.25, 0.3) is 0 Å². The van der Waals surface area contributed by atoms with Crippen LogP contribution in [0.3, 0.4) is 0 Å². The Balaban J connectivity index is 2.19. The van der Waals surface area contributed by atoms with Crippen molar-refractivity contribution in [3.05, 3.63) is 59.2 Å². The number of Topliss-reactive ketones (excluding diaryl/α,β-unsaturated/α-hetero) is 1. The number of hydrogen-bond acceptors (Lipinski definition) is 3. The molecule has 5 nitrogen and oxygen atoms in total. The molecule has 2 amide bonds. The van der Waals surface area contributed by atoms with Crippen molar-refractivity contribution in [2.45, 2.75) is 27.7 Å². The van der Waals surface area contributed by atoms with Crippen LogP contribution in [0.25, 0.3) is 0 Å². The second-order valence-electron chi connectivity index (χ2n) is 6.01. The van der Waals surface area contributed by atoms with E-state index in [0.29, 0.717) is 11.3 Å². The zero-order chi connectivity index (χ0) is 18.6. The summed E-state index contributed by atoms with van der Waals surface area (Å²) >= 11 is 0. The number of nitrogens with zero attached hydrogens (tertiary/aromatic N) is 1. The SMILES string of the molecule is CC(=O)c1cccc(NC(=O)CN(C(C)=O)c2cccc(C)c2C)c1. The topological polar surface area (TPSA) is 66.5 Å². The zero-order valence-corrected chi connectivity index (χ0v) is 14.9. The molecule has 0 saturated carbocycles. The third kappa shape index (κ3) is 4.53. The van der Waals surface area contributed by atoms with Crippen LogP contribution in [0.5, 0.6) is 0 Å². The van der Waals surface area contributed by atoms with Crippen molar-refractivity contribution in [2.24, 2.45) is 0 Å². The van der Waals surface area contributed by atoms with Crippen LogP contribution in [0.1, 0.15) is 35.3 Å². The fourth-order valence-electron chi connectivity index (χ4n) is 2.55. The number of carbonyl (C=O) groups is 3.